The number of hydrogen-bond donors (Lipinski definition) is 0. The molecule has 8 heteroatoms. The van der Waals surface area contributed by atoms with Crippen LogP contribution in [0.2, 0.25) is 0 Å². The van der Waals surface area contributed by atoms with Gasteiger partial charge in [-0.3, -0.25) is 9.69 Å². The summed E-state index contributed by atoms with van der Waals surface area (Å²) in [5.41, 5.74) is 0.854. The van der Waals surface area contributed by atoms with E-state index in [0.29, 0.717) is 18.0 Å². The van der Waals surface area contributed by atoms with Gasteiger partial charge in [0.15, 0.2) is 21.3 Å². The molecule has 0 spiro atoms. The number of fused-ring (bicyclic) bond motifs is 2. The first kappa shape index (κ1) is 17.6. The minimum atomic E-state index is -3.10. The lowest BCUT2D eigenvalue weighted by Crippen LogP contribution is -2.60. The highest BCUT2D eigenvalue weighted by Gasteiger charge is 2.47. The summed E-state index contributed by atoms with van der Waals surface area (Å²) in [6.07, 6.45) is 1.22. The van der Waals surface area contributed by atoms with E-state index in [-0.39, 0.29) is 42.7 Å². The van der Waals surface area contributed by atoms with Crippen molar-refractivity contribution in [2.24, 2.45) is 0 Å². The van der Waals surface area contributed by atoms with Crippen LogP contribution in [0, 0.1) is 0 Å². The van der Waals surface area contributed by atoms with Crippen molar-refractivity contribution in [2.75, 3.05) is 37.9 Å². The Balaban J connectivity index is 1.50. The van der Waals surface area contributed by atoms with Crippen LogP contribution in [-0.4, -0.2) is 74.1 Å². The average Bonchev–Trinajstić information content (AvgIpc) is 3.17. The monoisotopic (exact) mass is 380 g/mol. The van der Waals surface area contributed by atoms with Crippen LogP contribution in [0.4, 0.5) is 0 Å². The Kier molecular flexibility index (Phi) is 4.56. The van der Waals surface area contributed by atoms with E-state index >= 15 is 0 Å². The second-order valence-corrected chi connectivity index (χ2v) is 9.35. The van der Waals surface area contributed by atoms with Crippen molar-refractivity contribution in [3.63, 3.8) is 0 Å². The minimum Gasteiger partial charge on any atom is -0.454 e. The maximum absolute atomic E-state index is 12.9. The van der Waals surface area contributed by atoms with Gasteiger partial charge in [-0.2, -0.15) is 0 Å². The predicted molar refractivity (Wildman–Crippen MR) is 96.1 cm³/mol. The molecule has 3 aliphatic rings. The van der Waals surface area contributed by atoms with Crippen molar-refractivity contribution in [3.8, 4) is 11.5 Å². The fraction of sp³-hybridized carbons (Fsp3) is 0.611. The normalized spacial score (nSPS) is 26.7. The topological polar surface area (TPSA) is 76.2 Å². The van der Waals surface area contributed by atoms with Gasteiger partial charge in [-0.15, -0.1) is 0 Å². The molecule has 0 saturated carbocycles. The molecular formula is C18H24N2O5S. The zero-order valence-electron chi connectivity index (χ0n) is 14.9. The third-order valence-electron chi connectivity index (χ3n) is 5.41. The fourth-order valence-corrected chi connectivity index (χ4v) is 6.24. The van der Waals surface area contributed by atoms with Gasteiger partial charge in [0.05, 0.1) is 24.0 Å². The van der Waals surface area contributed by atoms with Gasteiger partial charge in [0.25, 0.3) is 0 Å². The van der Waals surface area contributed by atoms with Crippen LogP contribution in [0.25, 0.3) is 0 Å². The SMILES string of the molecule is CCCN1CCN(C(=O)Cc2ccc3c(c2)OCO3)[C@H]2CS(=O)(=O)C[C@H]21. The van der Waals surface area contributed by atoms with Crippen LogP contribution in [0.15, 0.2) is 18.2 Å². The molecule has 3 aliphatic heterocycles. The van der Waals surface area contributed by atoms with Gasteiger partial charge in [0.2, 0.25) is 12.7 Å². The quantitative estimate of drug-likeness (QED) is 0.765. The Bertz CT molecular complexity index is 810. The molecule has 4 rings (SSSR count). The number of carbonyl (C=O) groups excluding carboxylic acids is 1. The third kappa shape index (κ3) is 3.27. The lowest BCUT2D eigenvalue weighted by Gasteiger charge is -2.44. The van der Waals surface area contributed by atoms with E-state index < -0.39 is 9.84 Å². The lowest BCUT2D eigenvalue weighted by molar-refractivity contribution is -0.136. The Morgan fingerprint density at radius 3 is 2.73 bits per heavy atom. The molecule has 1 amide bonds. The number of ether oxygens (including phenoxy) is 2. The van der Waals surface area contributed by atoms with E-state index in [1.165, 1.54) is 0 Å². The van der Waals surface area contributed by atoms with E-state index in [1.807, 2.05) is 18.2 Å². The first-order valence-corrected chi connectivity index (χ1v) is 10.9. The molecule has 1 aromatic carbocycles. The maximum atomic E-state index is 12.9. The molecule has 0 aliphatic carbocycles. The first-order valence-electron chi connectivity index (χ1n) is 9.09. The Morgan fingerprint density at radius 2 is 1.92 bits per heavy atom. The smallest absolute Gasteiger partial charge is 0.231 e. The Hall–Kier alpha value is -1.80. The molecule has 2 fully saturated rings. The van der Waals surface area contributed by atoms with E-state index in [2.05, 4.69) is 11.8 Å². The maximum Gasteiger partial charge on any atom is 0.231 e. The van der Waals surface area contributed by atoms with Gasteiger partial charge < -0.3 is 14.4 Å². The summed E-state index contributed by atoms with van der Waals surface area (Å²) >= 11 is 0. The van der Waals surface area contributed by atoms with Crippen LogP contribution < -0.4 is 9.47 Å². The highest BCUT2D eigenvalue weighted by molar-refractivity contribution is 7.91. The van der Waals surface area contributed by atoms with E-state index in [1.54, 1.807) is 4.90 Å². The summed E-state index contributed by atoms with van der Waals surface area (Å²) in [7, 11) is -3.10. The number of benzene rings is 1. The number of rotatable bonds is 4. The highest BCUT2D eigenvalue weighted by atomic mass is 32.2. The predicted octanol–water partition coefficient (Wildman–Crippen LogP) is 0.678. The van der Waals surface area contributed by atoms with Crippen LogP contribution in [-0.2, 0) is 21.1 Å². The molecule has 0 N–H and O–H groups in total. The molecule has 0 radical (unpaired) electrons. The molecule has 7 nitrogen and oxygen atoms in total. The molecule has 0 bridgehead atoms. The molecule has 0 aromatic heterocycles. The lowest BCUT2D eigenvalue weighted by atomic mass is 10.0. The summed E-state index contributed by atoms with van der Waals surface area (Å²) < 4.78 is 35.1. The van der Waals surface area contributed by atoms with Crippen molar-refractivity contribution in [1.29, 1.82) is 0 Å². The Labute approximate surface area is 153 Å². The summed E-state index contributed by atoms with van der Waals surface area (Å²) in [4.78, 5) is 16.9. The summed E-state index contributed by atoms with van der Waals surface area (Å²) in [5.74, 6) is 1.56. The van der Waals surface area contributed by atoms with Crippen molar-refractivity contribution in [2.45, 2.75) is 31.8 Å². The van der Waals surface area contributed by atoms with Crippen LogP contribution in [0.1, 0.15) is 18.9 Å². The van der Waals surface area contributed by atoms with Gasteiger partial charge in [0, 0.05) is 19.1 Å². The van der Waals surface area contributed by atoms with Crippen molar-refractivity contribution >= 4 is 15.7 Å². The second kappa shape index (κ2) is 6.74. The molecule has 3 heterocycles. The van der Waals surface area contributed by atoms with Crippen LogP contribution >= 0.6 is 0 Å². The standard InChI is InChI=1S/C18H24N2O5S/c1-2-5-19-6-7-20(15-11-26(22,23)10-14(15)19)18(21)9-13-3-4-16-17(8-13)25-12-24-16/h3-4,8,14-15H,2,5-7,9-12H2,1H3/t14-,15+/m1/s1. The van der Waals surface area contributed by atoms with E-state index in [4.69, 9.17) is 9.47 Å². The first-order chi connectivity index (χ1) is 12.5. The zero-order chi connectivity index (χ0) is 18.3. The zero-order valence-corrected chi connectivity index (χ0v) is 15.7. The number of sulfone groups is 1. The molecule has 1 aromatic rings. The molecule has 2 atom stereocenters. The molecule has 0 unspecified atom stereocenters. The fourth-order valence-electron chi connectivity index (χ4n) is 4.23. The van der Waals surface area contributed by atoms with Crippen LogP contribution in [0.5, 0.6) is 11.5 Å². The number of hydrogen-bond acceptors (Lipinski definition) is 6. The number of carbonyl (C=O) groups is 1. The van der Waals surface area contributed by atoms with Gasteiger partial charge in [-0.05, 0) is 30.7 Å². The summed E-state index contributed by atoms with van der Waals surface area (Å²) in [6.45, 7) is 4.49. The molecule has 2 saturated heterocycles. The van der Waals surface area contributed by atoms with Crippen molar-refractivity contribution in [3.05, 3.63) is 23.8 Å². The summed E-state index contributed by atoms with van der Waals surface area (Å²) in [5, 5.41) is 0. The van der Waals surface area contributed by atoms with Gasteiger partial charge in [-0.25, -0.2) is 8.42 Å². The molecular weight excluding hydrogens is 356 g/mol. The number of piperazine rings is 1. The second-order valence-electron chi connectivity index (χ2n) is 7.20. The van der Waals surface area contributed by atoms with Crippen molar-refractivity contribution < 1.29 is 22.7 Å². The van der Waals surface area contributed by atoms with Gasteiger partial charge >= 0.3 is 0 Å². The molecule has 26 heavy (non-hydrogen) atoms. The third-order valence-corrected chi connectivity index (χ3v) is 7.11. The van der Waals surface area contributed by atoms with Gasteiger partial charge in [0.1, 0.15) is 0 Å². The number of amides is 1. The highest BCUT2D eigenvalue weighted by Crippen LogP contribution is 2.33. The van der Waals surface area contributed by atoms with Crippen LogP contribution in [0.3, 0.4) is 0 Å². The molecule has 142 valence electrons. The van der Waals surface area contributed by atoms with Crippen molar-refractivity contribution in [1.82, 2.24) is 9.80 Å². The van der Waals surface area contributed by atoms with E-state index in [9.17, 15) is 13.2 Å². The number of nitrogens with zero attached hydrogens (tertiary/aromatic N) is 2. The van der Waals surface area contributed by atoms with E-state index in [0.717, 1.165) is 25.1 Å². The Morgan fingerprint density at radius 1 is 1.15 bits per heavy atom. The summed E-state index contributed by atoms with van der Waals surface area (Å²) in [6, 6.07) is 5.20. The average molecular weight is 380 g/mol. The minimum absolute atomic E-state index is 0.0212. The van der Waals surface area contributed by atoms with Gasteiger partial charge in [-0.1, -0.05) is 13.0 Å². The largest absolute Gasteiger partial charge is 0.454 e.